The van der Waals surface area contributed by atoms with Crippen molar-refractivity contribution in [2.75, 3.05) is 6.54 Å². The first-order chi connectivity index (χ1) is 8.25. The van der Waals surface area contributed by atoms with Gasteiger partial charge >= 0.3 is 0 Å². The van der Waals surface area contributed by atoms with E-state index in [2.05, 4.69) is 10.3 Å². The summed E-state index contributed by atoms with van der Waals surface area (Å²) in [6.07, 6.45) is 5.38. The van der Waals surface area contributed by atoms with E-state index in [9.17, 15) is 4.39 Å². The van der Waals surface area contributed by atoms with Crippen molar-refractivity contribution in [2.45, 2.75) is 13.1 Å². The van der Waals surface area contributed by atoms with Crippen LogP contribution in [-0.4, -0.2) is 16.1 Å². The van der Waals surface area contributed by atoms with Gasteiger partial charge in [-0.05, 0) is 12.1 Å². The van der Waals surface area contributed by atoms with Crippen LogP contribution >= 0.6 is 11.6 Å². The number of aromatic nitrogens is 2. The van der Waals surface area contributed by atoms with Crippen molar-refractivity contribution in [3.8, 4) is 0 Å². The molecule has 1 aromatic heterocycles. The van der Waals surface area contributed by atoms with Gasteiger partial charge in [0, 0.05) is 42.6 Å². The molecule has 0 aliphatic carbocycles. The lowest BCUT2D eigenvalue weighted by Crippen LogP contribution is -2.19. The van der Waals surface area contributed by atoms with Crippen LogP contribution in [0.3, 0.4) is 0 Å². The maximum atomic E-state index is 13.4. The Morgan fingerprint density at radius 3 is 3.00 bits per heavy atom. The zero-order valence-electron chi connectivity index (χ0n) is 9.24. The average Bonchev–Trinajstić information content (AvgIpc) is 2.79. The number of nitrogens with zero attached hydrogens (tertiary/aromatic N) is 2. The van der Waals surface area contributed by atoms with E-state index in [0.717, 1.165) is 13.1 Å². The van der Waals surface area contributed by atoms with Gasteiger partial charge in [0.25, 0.3) is 0 Å². The molecule has 0 amide bonds. The normalized spacial score (nSPS) is 10.7. The Morgan fingerprint density at radius 2 is 2.29 bits per heavy atom. The first-order valence-corrected chi connectivity index (χ1v) is 5.74. The van der Waals surface area contributed by atoms with Crippen molar-refractivity contribution in [1.29, 1.82) is 0 Å². The average molecular weight is 254 g/mol. The number of halogens is 2. The van der Waals surface area contributed by atoms with Crippen LogP contribution in [0.5, 0.6) is 0 Å². The second-order valence-electron chi connectivity index (χ2n) is 3.71. The molecule has 0 atom stereocenters. The molecule has 17 heavy (non-hydrogen) atoms. The molecule has 90 valence electrons. The van der Waals surface area contributed by atoms with Gasteiger partial charge in [-0.15, -0.1) is 0 Å². The monoisotopic (exact) mass is 253 g/mol. The Hall–Kier alpha value is -1.39. The molecular weight excluding hydrogens is 241 g/mol. The standard InChI is InChI=1S/C12H13ClFN3/c13-11-2-1-10(12(14)7-11)8-15-3-5-17-6-4-16-9-17/h1-2,4,6-7,9,15H,3,5,8H2. The largest absolute Gasteiger partial charge is 0.336 e. The molecule has 1 N–H and O–H groups in total. The quantitative estimate of drug-likeness (QED) is 0.830. The number of benzene rings is 1. The van der Waals surface area contributed by atoms with E-state index in [0.29, 0.717) is 17.1 Å². The lowest BCUT2D eigenvalue weighted by atomic mass is 10.2. The molecule has 2 rings (SSSR count). The van der Waals surface area contributed by atoms with Crippen LogP contribution in [0, 0.1) is 5.82 Å². The Morgan fingerprint density at radius 1 is 1.41 bits per heavy atom. The molecule has 0 unspecified atom stereocenters. The summed E-state index contributed by atoms with van der Waals surface area (Å²) in [5.41, 5.74) is 0.625. The minimum atomic E-state index is -0.271. The van der Waals surface area contributed by atoms with Gasteiger partial charge < -0.3 is 9.88 Å². The zero-order valence-corrected chi connectivity index (χ0v) is 9.99. The first kappa shape index (κ1) is 12.1. The van der Waals surface area contributed by atoms with Gasteiger partial charge in [-0.25, -0.2) is 9.37 Å². The third kappa shape index (κ3) is 3.54. The fraction of sp³-hybridized carbons (Fsp3) is 0.250. The highest BCUT2D eigenvalue weighted by Gasteiger charge is 2.01. The van der Waals surface area contributed by atoms with E-state index in [1.54, 1.807) is 24.7 Å². The minimum Gasteiger partial charge on any atom is -0.336 e. The highest BCUT2D eigenvalue weighted by molar-refractivity contribution is 6.30. The number of imidazole rings is 1. The fourth-order valence-corrected chi connectivity index (χ4v) is 1.67. The summed E-state index contributed by atoms with van der Waals surface area (Å²) < 4.78 is 15.4. The smallest absolute Gasteiger partial charge is 0.129 e. The second-order valence-corrected chi connectivity index (χ2v) is 4.15. The predicted octanol–water partition coefficient (Wildman–Crippen LogP) is 2.47. The van der Waals surface area contributed by atoms with Gasteiger partial charge in [-0.2, -0.15) is 0 Å². The lowest BCUT2D eigenvalue weighted by Gasteiger charge is -2.06. The summed E-state index contributed by atoms with van der Waals surface area (Å²) in [5.74, 6) is -0.271. The van der Waals surface area contributed by atoms with Gasteiger partial charge in [0.2, 0.25) is 0 Å². The van der Waals surface area contributed by atoms with Crippen molar-refractivity contribution in [1.82, 2.24) is 14.9 Å². The Kier molecular flexibility index (Phi) is 4.12. The van der Waals surface area contributed by atoms with Crippen LogP contribution in [0.25, 0.3) is 0 Å². The van der Waals surface area contributed by atoms with Crippen molar-refractivity contribution in [3.63, 3.8) is 0 Å². The van der Waals surface area contributed by atoms with Crippen LogP contribution in [0.2, 0.25) is 5.02 Å². The highest BCUT2D eigenvalue weighted by atomic mass is 35.5. The van der Waals surface area contributed by atoms with Crippen LogP contribution in [0.15, 0.2) is 36.9 Å². The third-order valence-corrected chi connectivity index (χ3v) is 2.67. The van der Waals surface area contributed by atoms with Gasteiger partial charge in [0.1, 0.15) is 5.82 Å². The van der Waals surface area contributed by atoms with Crippen molar-refractivity contribution in [3.05, 3.63) is 53.3 Å². The molecule has 0 spiro atoms. The summed E-state index contributed by atoms with van der Waals surface area (Å²) >= 11 is 5.68. The Bertz CT molecular complexity index is 471. The van der Waals surface area contributed by atoms with Gasteiger partial charge in [0.15, 0.2) is 0 Å². The van der Waals surface area contributed by atoms with E-state index in [-0.39, 0.29) is 5.82 Å². The number of nitrogens with one attached hydrogen (secondary N) is 1. The minimum absolute atomic E-state index is 0.271. The molecular formula is C12H13ClFN3. The fourth-order valence-electron chi connectivity index (χ4n) is 1.52. The molecule has 0 saturated carbocycles. The zero-order chi connectivity index (χ0) is 12.1. The molecule has 3 nitrogen and oxygen atoms in total. The van der Waals surface area contributed by atoms with E-state index >= 15 is 0 Å². The van der Waals surface area contributed by atoms with Crippen molar-refractivity contribution in [2.24, 2.45) is 0 Å². The summed E-state index contributed by atoms with van der Waals surface area (Å²) in [6, 6.07) is 4.72. The summed E-state index contributed by atoms with van der Waals surface area (Å²) in [6.45, 7) is 2.07. The van der Waals surface area contributed by atoms with E-state index in [1.165, 1.54) is 6.07 Å². The van der Waals surface area contributed by atoms with Crippen LogP contribution in [0.1, 0.15) is 5.56 Å². The Labute approximate surface area is 104 Å². The second kappa shape index (κ2) is 5.80. The number of rotatable bonds is 5. The summed E-state index contributed by atoms with van der Waals surface area (Å²) in [7, 11) is 0. The van der Waals surface area contributed by atoms with Crippen molar-refractivity contribution < 1.29 is 4.39 Å². The topological polar surface area (TPSA) is 29.9 Å². The number of hydrogen-bond acceptors (Lipinski definition) is 2. The SMILES string of the molecule is Fc1cc(Cl)ccc1CNCCn1ccnc1. The van der Waals surface area contributed by atoms with Crippen LogP contribution in [0.4, 0.5) is 4.39 Å². The molecule has 1 aromatic carbocycles. The maximum Gasteiger partial charge on any atom is 0.129 e. The van der Waals surface area contributed by atoms with Gasteiger partial charge in [0.05, 0.1) is 6.33 Å². The molecule has 0 radical (unpaired) electrons. The van der Waals surface area contributed by atoms with Crippen LogP contribution < -0.4 is 5.32 Å². The summed E-state index contributed by atoms with van der Waals surface area (Å²) in [5, 5.41) is 3.59. The molecule has 5 heteroatoms. The molecule has 0 aliphatic rings. The highest BCUT2D eigenvalue weighted by Crippen LogP contribution is 2.14. The molecule has 1 heterocycles. The van der Waals surface area contributed by atoms with E-state index in [4.69, 9.17) is 11.6 Å². The van der Waals surface area contributed by atoms with Gasteiger partial charge in [-0.3, -0.25) is 0 Å². The van der Waals surface area contributed by atoms with Crippen LogP contribution in [-0.2, 0) is 13.1 Å². The number of hydrogen-bond donors (Lipinski definition) is 1. The first-order valence-electron chi connectivity index (χ1n) is 5.36. The predicted molar refractivity (Wildman–Crippen MR) is 65.3 cm³/mol. The van der Waals surface area contributed by atoms with E-state index < -0.39 is 0 Å². The van der Waals surface area contributed by atoms with Gasteiger partial charge in [-0.1, -0.05) is 17.7 Å². The maximum absolute atomic E-state index is 13.4. The Balaban J connectivity index is 1.78. The molecule has 0 fully saturated rings. The molecule has 0 saturated heterocycles. The summed E-state index contributed by atoms with van der Waals surface area (Å²) in [4.78, 5) is 3.94. The molecule has 2 aromatic rings. The van der Waals surface area contributed by atoms with E-state index in [1.807, 2.05) is 10.8 Å². The lowest BCUT2D eigenvalue weighted by molar-refractivity contribution is 0.565. The van der Waals surface area contributed by atoms with Crippen molar-refractivity contribution >= 4 is 11.6 Å². The molecule has 0 aliphatic heterocycles. The molecule has 0 bridgehead atoms. The third-order valence-electron chi connectivity index (χ3n) is 2.44.